The van der Waals surface area contributed by atoms with Crippen LogP contribution >= 0.6 is 55.2 Å². The number of carbonyl (C=O) groups is 1. The molecule has 1 fully saturated rings. The molecule has 0 unspecified atom stereocenters. The zero-order chi connectivity index (χ0) is 23.6. The van der Waals surface area contributed by atoms with E-state index in [-0.39, 0.29) is 16.6 Å². The number of benzene rings is 3. The van der Waals surface area contributed by atoms with Crippen molar-refractivity contribution in [2.75, 3.05) is 0 Å². The summed E-state index contributed by atoms with van der Waals surface area (Å²) in [5, 5.41) is 3.53. The lowest BCUT2D eigenvalue weighted by atomic mass is 10.2. The third-order valence-corrected chi connectivity index (χ3v) is 7.70. The van der Waals surface area contributed by atoms with E-state index < -0.39 is 10.1 Å². The Labute approximate surface area is 216 Å². The van der Waals surface area contributed by atoms with Crippen LogP contribution in [0.1, 0.15) is 5.56 Å². The minimum absolute atomic E-state index is 0.0440. The van der Waals surface area contributed by atoms with Gasteiger partial charge in [0.1, 0.15) is 4.90 Å². The van der Waals surface area contributed by atoms with Crippen LogP contribution in [-0.4, -0.2) is 19.5 Å². The Morgan fingerprint density at radius 3 is 2.42 bits per heavy atom. The molecule has 1 amide bonds. The number of amidine groups is 1. The molecule has 0 radical (unpaired) electrons. The number of para-hydroxylation sites is 1. The van der Waals surface area contributed by atoms with Crippen LogP contribution in [0.15, 0.2) is 90.5 Å². The Balaban J connectivity index is 1.69. The molecule has 168 valence electrons. The summed E-state index contributed by atoms with van der Waals surface area (Å²) < 4.78 is 32.2. The molecule has 4 rings (SSSR count). The minimum Gasteiger partial charge on any atom is -0.377 e. The fourth-order valence-electron chi connectivity index (χ4n) is 2.78. The molecule has 1 heterocycles. The average Bonchev–Trinajstić information content (AvgIpc) is 3.10. The number of thioether (sulfide) groups is 1. The third kappa shape index (κ3) is 5.88. The van der Waals surface area contributed by atoms with Crippen LogP contribution < -0.4 is 9.50 Å². The second-order valence-electron chi connectivity index (χ2n) is 6.61. The highest BCUT2D eigenvalue weighted by molar-refractivity contribution is 9.11. The molecule has 11 heteroatoms. The summed E-state index contributed by atoms with van der Waals surface area (Å²) in [4.78, 5) is 17.2. The van der Waals surface area contributed by atoms with Gasteiger partial charge in [0.2, 0.25) is 0 Å². The standard InChI is InChI=1S/C22H13Br2ClN2O4S2/c23-14-10-13(11-19-21(28)27-22(32-19)26-16-4-2-1-3-5-16)20(18(24)12-14)31-33(29,30)17-8-6-15(25)7-9-17/h1-12H,(H,26,27,28)/b19-11-. The van der Waals surface area contributed by atoms with Crippen molar-refractivity contribution < 1.29 is 17.4 Å². The van der Waals surface area contributed by atoms with Crippen LogP contribution in [-0.2, 0) is 14.9 Å². The van der Waals surface area contributed by atoms with Crippen LogP contribution in [0.25, 0.3) is 6.08 Å². The van der Waals surface area contributed by atoms with Crippen molar-refractivity contribution in [2.45, 2.75) is 4.90 Å². The average molecular weight is 629 g/mol. The van der Waals surface area contributed by atoms with E-state index in [1.165, 1.54) is 24.3 Å². The van der Waals surface area contributed by atoms with Gasteiger partial charge in [-0.2, -0.15) is 8.42 Å². The molecule has 1 saturated heterocycles. The fourth-order valence-corrected chi connectivity index (χ4v) is 6.15. The Bertz CT molecular complexity index is 1390. The van der Waals surface area contributed by atoms with Crippen molar-refractivity contribution in [3.63, 3.8) is 0 Å². The molecular formula is C22H13Br2ClN2O4S2. The SMILES string of the molecule is O=C1NC(=Nc2ccccc2)S/C1=C\c1cc(Br)cc(Br)c1OS(=O)(=O)c1ccc(Cl)cc1. The molecule has 0 spiro atoms. The van der Waals surface area contributed by atoms with E-state index >= 15 is 0 Å². The molecule has 1 N–H and O–H groups in total. The molecule has 33 heavy (non-hydrogen) atoms. The van der Waals surface area contributed by atoms with Gasteiger partial charge < -0.3 is 9.50 Å². The monoisotopic (exact) mass is 626 g/mol. The van der Waals surface area contributed by atoms with Crippen molar-refractivity contribution in [3.8, 4) is 5.75 Å². The molecule has 3 aromatic rings. The third-order valence-electron chi connectivity index (χ3n) is 4.26. The Hall–Kier alpha value is -2.11. The highest BCUT2D eigenvalue weighted by Crippen LogP contribution is 2.38. The zero-order valence-electron chi connectivity index (χ0n) is 16.5. The minimum atomic E-state index is -4.15. The lowest BCUT2D eigenvalue weighted by Gasteiger charge is -2.12. The van der Waals surface area contributed by atoms with Gasteiger partial charge in [-0.1, -0.05) is 45.7 Å². The molecule has 1 aliphatic rings. The van der Waals surface area contributed by atoms with Crippen LogP contribution in [0.2, 0.25) is 5.02 Å². The number of amides is 1. The number of carbonyl (C=O) groups excluding carboxylic acids is 1. The lowest BCUT2D eigenvalue weighted by Crippen LogP contribution is -2.19. The van der Waals surface area contributed by atoms with E-state index in [4.69, 9.17) is 15.8 Å². The fraction of sp³-hybridized carbons (Fsp3) is 0. The summed E-state index contributed by atoms with van der Waals surface area (Å²) in [5.41, 5.74) is 1.08. The molecule has 1 aliphatic heterocycles. The molecule has 0 atom stereocenters. The molecule has 0 bridgehead atoms. The van der Waals surface area contributed by atoms with Crippen LogP contribution in [0.5, 0.6) is 5.75 Å². The molecular weight excluding hydrogens is 616 g/mol. The van der Waals surface area contributed by atoms with E-state index in [9.17, 15) is 13.2 Å². The van der Waals surface area contributed by atoms with Gasteiger partial charge in [-0.25, -0.2) is 4.99 Å². The largest absolute Gasteiger partial charge is 0.377 e. The quantitative estimate of drug-likeness (QED) is 0.257. The molecule has 0 saturated carbocycles. The highest BCUT2D eigenvalue weighted by Gasteiger charge is 2.26. The van der Waals surface area contributed by atoms with Crippen LogP contribution in [0.4, 0.5) is 5.69 Å². The Morgan fingerprint density at radius 1 is 1.03 bits per heavy atom. The van der Waals surface area contributed by atoms with Gasteiger partial charge in [0.05, 0.1) is 15.1 Å². The number of hydrogen-bond donors (Lipinski definition) is 1. The lowest BCUT2D eigenvalue weighted by molar-refractivity contribution is -0.115. The number of aliphatic imine (C=N–C) groups is 1. The summed E-state index contributed by atoms with van der Waals surface area (Å²) >= 11 is 13.7. The van der Waals surface area contributed by atoms with Crippen molar-refractivity contribution in [1.29, 1.82) is 0 Å². The smallest absolute Gasteiger partial charge is 0.339 e. The predicted molar refractivity (Wildman–Crippen MR) is 138 cm³/mol. The van der Waals surface area contributed by atoms with Gasteiger partial charge in [-0.15, -0.1) is 0 Å². The predicted octanol–water partition coefficient (Wildman–Crippen LogP) is 6.52. The summed E-state index contributed by atoms with van der Waals surface area (Å²) in [7, 11) is -4.15. The maximum atomic E-state index is 12.8. The van der Waals surface area contributed by atoms with Crippen molar-refractivity contribution in [3.05, 3.63) is 91.2 Å². The molecule has 3 aromatic carbocycles. The van der Waals surface area contributed by atoms with Crippen LogP contribution in [0, 0.1) is 0 Å². The van der Waals surface area contributed by atoms with E-state index in [1.807, 2.05) is 30.3 Å². The summed E-state index contributed by atoms with van der Waals surface area (Å²) in [6.07, 6.45) is 1.55. The summed E-state index contributed by atoms with van der Waals surface area (Å²) in [6, 6.07) is 18.2. The Kier molecular flexibility index (Phi) is 7.30. The van der Waals surface area contributed by atoms with Crippen molar-refractivity contribution in [2.24, 2.45) is 4.99 Å². The molecule has 0 aromatic heterocycles. The first-order valence-electron chi connectivity index (χ1n) is 9.25. The van der Waals surface area contributed by atoms with Gasteiger partial charge in [-0.3, -0.25) is 4.79 Å². The first kappa shape index (κ1) is 24.0. The van der Waals surface area contributed by atoms with Gasteiger partial charge in [0.25, 0.3) is 5.91 Å². The molecule has 0 aliphatic carbocycles. The number of nitrogens with zero attached hydrogens (tertiary/aromatic N) is 1. The first-order valence-corrected chi connectivity index (χ1v) is 13.4. The zero-order valence-corrected chi connectivity index (χ0v) is 22.0. The maximum absolute atomic E-state index is 12.8. The normalized spacial score (nSPS) is 16.3. The Morgan fingerprint density at radius 2 is 1.73 bits per heavy atom. The van der Waals surface area contributed by atoms with Crippen LogP contribution in [0.3, 0.4) is 0 Å². The topological polar surface area (TPSA) is 84.8 Å². The van der Waals surface area contributed by atoms with Crippen molar-refractivity contribution in [1.82, 2.24) is 5.32 Å². The van der Waals surface area contributed by atoms with E-state index in [1.54, 1.807) is 18.2 Å². The van der Waals surface area contributed by atoms with Gasteiger partial charge >= 0.3 is 10.1 Å². The molecule has 6 nitrogen and oxygen atoms in total. The summed E-state index contributed by atoms with van der Waals surface area (Å²) in [6.45, 7) is 0. The van der Waals surface area contributed by atoms with Gasteiger partial charge in [0, 0.05) is 15.1 Å². The van der Waals surface area contributed by atoms with E-state index in [0.717, 1.165) is 11.8 Å². The van der Waals surface area contributed by atoms with Gasteiger partial charge in [-0.05, 0) is 82.3 Å². The summed E-state index contributed by atoms with van der Waals surface area (Å²) in [5.74, 6) is -0.306. The number of halogens is 3. The number of rotatable bonds is 5. The highest BCUT2D eigenvalue weighted by atomic mass is 79.9. The van der Waals surface area contributed by atoms with E-state index in [0.29, 0.717) is 35.3 Å². The second kappa shape index (κ2) is 10.0. The maximum Gasteiger partial charge on any atom is 0.339 e. The van der Waals surface area contributed by atoms with E-state index in [2.05, 4.69) is 42.2 Å². The van der Waals surface area contributed by atoms with Gasteiger partial charge in [0.15, 0.2) is 10.9 Å². The van der Waals surface area contributed by atoms with Crippen molar-refractivity contribution >= 4 is 88.2 Å². The second-order valence-corrected chi connectivity index (χ2v) is 11.4. The first-order chi connectivity index (χ1) is 15.7. The number of nitrogens with one attached hydrogen (secondary N) is 1. The number of hydrogen-bond acceptors (Lipinski definition) is 6.